The van der Waals surface area contributed by atoms with Gasteiger partial charge in [0.05, 0.1) is 6.54 Å². The molecule has 188 valence electrons. The molecule has 1 saturated heterocycles. The van der Waals surface area contributed by atoms with Gasteiger partial charge in [-0.25, -0.2) is 9.37 Å². The van der Waals surface area contributed by atoms with Gasteiger partial charge < -0.3 is 18.8 Å². The van der Waals surface area contributed by atoms with E-state index in [1.807, 2.05) is 18.5 Å². The maximum Gasteiger partial charge on any atom is 0.165 e. The molecular formula is C28H36FN3O3. The summed E-state index contributed by atoms with van der Waals surface area (Å²) in [7, 11) is 1.73. The third-order valence-corrected chi connectivity index (χ3v) is 6.77. The van der Waals surface area contributed by atoms with E-state index in [4.69, 9.17) is 14.2 Å². The molecule has 3 aromatic rings. The van der Waals surface area contributed by atoms with Crippen molar-refractivity contribution in [3.8, 4) is 11.5 Å². The summed E-state index contributed by atoms with van der Waals surface area (Å²) in [4.78, 5) is 6.81. The highest BCUT2D eigenvalue weighted by Crippen LogP contribution is 2.29. The molecule has 1 aromatic heterocycles. The lowest BCUT2D eigenvalue weighted by molar-refractivity contribution is -0.0548. The number of nitrogens with zero attached hydrogens (tertiary/aromatic N) is 3. The van der Waals surface area contributed by atoms with Gasteiger partial charge >= 0.3 is 0 Å². The molecule has 1 aliphatic rings. The predicted molar refractivity (Wildman–Crippen MR) is 134 cm³/mol. The summed E-state index contributed by atoms with van der Waals surface area (Å²) >= 11 is 0. The summed E-state index contributed by atoms with van der Waals surface area (Å²) in [6.07, 6.45) is 7.46. The number of imidazole rings is 1. The number of ether oxygens (including phenoxy) is 3. The van der Waals surface area contributed by atoms with E-state index in [2.05, 4.69) is 39.6 Å². The fourth-order valence-corrected chi connectivity index (χ4v) is 4.67. The van der Waals surface area contributed by atoms with Crippen LogP contribution < -0.4 is 9.47 Å². The standard InChI is InChI=1S/C28H36FN3O3/c1-3-27-30-14-17-32(27)18-19-34-24-9-6-8-23(20-24)21-31-15-7-12-28(33-2,13-16-31)22-35-26-11-5-4-10-25(26)29/h4-6,8-11,14,17,20H,3,7,12-13,15-16,18-19,21-22H2,1-2H3/t28-/m1/s1. The molecule has 0 bridgehead atoms. The van der Waals surface area contributed by atoms with E-state index in [1.165, 1.54) is 11.6 Å². The molecule has 0 radical (unpaired) electrons. The van der Waals surface area contributed by atoms with Gasteiger partial charge in [0.2, 0.25) is 0 Å². The van der Waals surface area contributed by atoms with Crippen LogP contribution in [0.15, 0.2) is 60.9 Å². The minimum absolute atomic E-state index is 0.279. The number of para-hydroxylation sites is 1. The van der Waals surface area contributed by atoms with Crippen LogP contribution in [0, 0.1) is 5.82 Å². The number of methoxy groups -OCH3 is 1. The zero-order valence-corrected chi connectivity index (χ0v) is 20.8. The third-order valence-electron chi connectivity index (χ3n) is 6.77. The van der Waals surface area contributed by atoms with Crippen molar-refractivity contribution in [2.45, 2.75) is 51.3 Å². The van der Waals surface area contributed by atoms with Gasteiger partial charge in [-0.15, -0.1) is 0 Å². The van der Waals surface area contributed by atoms with Crippen molar-refractivity contribution in [3.05, 3.63) is 78.1 Å². The van der Waals surface area contributed by atoms with E-state index in [9.17, 15) is 4.39 Å². The Morgan fingerprint density at radius 1 is 1.06 bits per heavy atom. The van der Waals surface area contributed by atoms with Gasteiger partial charge in [-0.1, -0.05) is 31.2 Å². The van der Waals surface area contributed by atoms with Crippen molar-refractivity contribution >= 4 is 0 Å². The predicted octanol–water partition coefficient (Wildman–Crippen LogP) is 5.11. The summed E-state index contributed by atoms with van der Waals surface area (Å²) in [5, 5.41) is 0. The lowest BCUT2D eigenvalue weighted by Gasteiger charge is -2.31. The summed E-state index contributed by atoms with van der Waals surface area (Å²) in [5.74, 6) is 1.91. The van der Waals surface area contributed by atoms with Crippen LogP contribution in [0.25, 0.3) is 0 Å². The van der Waals surface area contributed by atoms with E-state index in [0.29, 0.717) is 13.2 Å². The second kappa shape index (κ2) is 12.2. The Morgan fingerprint density at radius 2 is 1.94 bits per heavy atom. The molecule has 7 heteroatoms. The van der Waals surface area contributed by atoms with E-state index in [1.54, 1.807) is 25.3 Å². The molecule has 0 unspecified atom stereocenters. The van der Waals surface area contributed by atoms with Crippen LogP contribution in [-0.2, 0) is 24.2 Å². The SMILES string of the molecule is CCc1nccn1CCOc1cccc(CN2CCC[C@@](COc3ccccc3F)(OC)CC2)c1. The van der Waals surface area contributed by atoms with Gasteiger partial charge in [-0.05, 0) is 55.6 Å². The largest absolute Gasteiger partial charge is 0.492 e. The number of hydrogen-bond donors (Lipinski definition) is 0. The van der Waals surface area contributed by atoms with Crippen molar-refractivity contribution < 1.29 is 18.6 Å². The number of halogens is 1. The van der Waals surface area contributed by atoms with Crippen molar-refractivity contribution in [3.63, 3.8) is 0 Å². The first-order valence-electron chi connectivity index (χ1n) is 12.5. The van der Waals surface area contributed by atoms with Crippen molar-refractivity contribution in [2.24, 2.45) is 0 Å². The first-order valence-corrected chi connectivity index (χ1v) is 12.5. The van der Waals surface area contributed by atoms with Gasteiger partial charge in [-0.2, -0.15) is 0 Å². The highest BCUT2D eigenvalue weighted by atomic mass is 19.1. The lowest BCUT2D eigenvalue weighted by atomic mass is 9.95. The van der Waals surface area contributed by atoms with E-state index < -0.39 is 5.60 Å². The second-order valence-corrected chi connectivity index (χ2v) is 9.12. The van der Waals surface area contributed by atoms with Crippen LogP contribution in [0.5, 0.6) is 11.5 Å². The normalized spacial score (nSPS) is 18.8. The highest BCUT2D eigenvalue weighted by molar-refractivity contribution is 5.28. The Kier molecular flexibility index (Phi) is 8.77. The molecule has 2 heterocycles. The van der Waals surface area contributed by atoms with Crippen LogP contribution in [0.4, 0.5) is 4.39 Å². The topological polar surface area (TPSA) is 48.8 Å². The maximum atomic E-state index is 14.0. The van der Waals surface area contributed by atoms with E-state index in [0.717, 1.165) is 63.4 Å². The molecule has 0 spiro atoms. The van der Waals surface area contributed by atoms with Gasteiger partial charge in [0.25, 0.3) is 0 Å². The van der Waals surface area contributed by atoms with Crippen molar-refractivity contribution in [1.82, 2.24) is 14.5 Å². The van der Waals surface area contributed by atoms with Crippen LogP contribution >= 0.6 is 0 Å². The summed E-state index contributed by atoms with van der Waals surface area (Å²) in [6, 6.07) is 14.9. The van der Waals surface area contributed by atoms with Crippen LogP contribution in [0.2, 0.25) is 0 Å². The number of hydrogen-bond acceptors (Lipinski definition) is 5. The van der Waals surface area contributed by atoms with Crippen molar-refractivity contribution in [1.29, 1.82) is 0 Å². The average Bonchev–Trinajstić information content (AvgIpc) is 3.24. The van der Waals surface area contributed by atoms with Gasteiger partial charge in [0.1, 0.15) is 30.4 Å². The third kappa shape index (κ3) is 6.83. The minimum atomic E-state index is -0.410. The van der Waals surface area contributed by atoms with Crippen LogP contribution in [0.3, 0.4) is 0 Å². The minimum Gasteiger partial charge on any atom is -0.492 e. The molecule has 6 nitrogen and oxygen atoms in total. The van der Waals surface area contributed by atoms with E-state index >= 15 is 0 Å². The number of rotatable bonds is 11. The fourth-order valence-electron chi connectivity index (χ4n) is 4.67. The molecule has 0 amide bonds. The van der Waals surface area contributed by atoms with Gasteiger partial charge in [-0.3, -0.25) is 4.90 Å². The molecule has 0 aliphatic carbocycles. The van der Waals surface area contributed by atoms with Crippen molar-refractivity contribution in [2.75, 3.05) is 33.4 Å². The molecule has 0 N–H and O–H groups in total. The Morgan fingerprint density at radius 3 is 2.77 bits per heavy atom. The highest BCUT2D eigenvalue weighted by Gasteiger charge is 2.34. The summed E-state index contributed by atoms with van der Waals surface area (Å²) < 4.78 is 33.9. The number of aromatic nitrogens is 2. The Bertz CT molecular complexity index is 1070. The monoisotopic (exact) mass is 481 g/mol. The quantitative estimate of drug-likeness (QED) is 0.381. The molecule has 4 rings (SSSR count). The Hall–Kier alpha value is -2.90. The number of aryl methyl sites for hydroxylation is 1. The Labute approximate surface area is 207 Å². The Balaban J connectivity index is 1.29. The summed E-state index contributed by atoms with van der Waals surface area (Å²) in [5.41, 5.74) is 0.819. The first kappa shape index (κ1) is 25.2. The first-order chi connectivity index (χ1) is 17.1. The fraction of sp³-hybridized carbons (Fsp3) is 0.464. The lowest BCUT2D eigenvalue weighted by Crippen LogP contribution is -2.39. The summed E-state index contributed by atoms with van der Waals surface area (Å²) in [6.45, 7) is 6.57. The molecule has 0 saturated carbocycles. The van der Waals surface area contributed by atoms with Crippen LogP contribution in [0.1, 0.15) is 37.6 Å². The van der Waals surface area contributed by atoms with Gasteiger partial charge in [0, 0.05) is 39.0 Å². The molecule has 1 fully saturated rings. The zero-order chi connectivity index (χ0) is 24.5. The zero-order valence-electron chi connectivity index (χ0n) is 20.8. The maximum absolute atomic E-state index is 14.0. The molecule has 1 atom stereocenters. The molecule has 1 aliphatic heterocycles. The van der Waals surface area contributed by atoms with E-state index in [-0.39, 0.29) is 11.6 Å². The van der Waals surface area contributed by atoms with Gasteiger partial charge in [0.15, 0.2) is 11.6 Å². The second-order valence-electron chi connectivity index (χ2n) is 9.12. The van der Waals surface area contributed by atoms with Crippen LogP contribution in [-0.4, -0.2) is 53.5 Å². The molecular weight excluding hydrogens is 445 g/mol. The molecule has 35 heavy (non-hydrogen) atoms. The smallest absolute Gasteiger partial charge is 0.165 e. The number of benzene rings is 2. The molecule has 2 aromatic carbocycles. The average molecular weight is 482 g/mol. The number of likely N-dealkylation sites (tertiary alicyclic amines) is 1.